The van der Waals surface area contributed by atoms with E-state index in [1.54, 1.807) is 11.0 Å². The predicted octanol–water partition coefficient (Wildman–Crippen LogP) is 6.32. The van der Waals surface area contributed by atoms with E-state index in [1.807, 2.05) is 0 Å². The number of carbonyl (C=O) groups is 2. The second-order valence-corrected chi connectivity index (χ2v) is 11.3. The van der Waals surface area contributed by atoms with Crippen molar-refractivity contribution in [3.05, 3.63) is 47.2 Å². The lowest BCUT2D eigenvalue weighted by atomic mass is 9.50. The smallest absolute Gasteiger partial charge is 0.334 e. The molecule has 5 rings (SSSR count). The molecule has 2 amide bonds. The summed E-state index contributed by atoms with van der Waals surface area (Å²) < 4.78 is 38.5. The minimum absolute atomic E-state index is 0.0629. The average molecular weight is 475 g/mol. The molecule has 2 saturated carbocycles. The summed E-state index contributed by atoms with van der Waals surface area (Å²) in [6.07, 6.45) is 4.63. The number of rotatable bonds is 2. The number of ketones is 1. The first kappa shape index (κ1) is 23.4. The van der Waals surface area contributed by atoms with Gasteiger partial charge in [0.15, 0.2) is 5.78 Å². The van der Waals surface area contributed by atoms with Gasteiger partial charge in [-0.25, -0.2) is 4.79 Å². The number of halogens is 3. The third-order valence-corrected chi connectivity index (χ3v) is 9.46. The van der Waals surface area contributed by atoms with E-state index in [2.05, 4.69) is 19.2 Å². The molecular weight excluding hydrogens is 441 g/mol. The molecule has 1 aliphatic heterocycles. The summed E-state index contributed by atoms with van der Waals surface area (Å²) in [4.78, 5) is 27.6. The number of carbonyl (C=O) groups excluding carboxylic acids is 2. The fourth-order valence-electron chi connectivity index (χ4n) is 7.57. The van der Waals surface area contributed by atoms with Gasteiger partial charge < -0.3 is 5.32 Å². The first-order chi connectivity index (χ1) is 16.0. The molecular formula is C27H33F3N2O2. The van der Waals surface area contributed by atoms with Crippen LogP contribution in [0.4, 0.5) is 18.0 Å². The van der Waals surface area contributed by atoms with Crippen LogP contribution in [0.25, 0.3) is 0 Å². The van der Waals surface area contributed by atoms with Crippen molar-refractivity contribution in [1.82, 2.24) is 10.2 Å². The molecule has 34 heavy (non-hydrogen) atoms. The topological polar surface area (TPSA) is 49.4 Å². The second kappa shape index (κ2) is 8.13. The molecule has 0 aromatic heterocycles. The van der Waals surface area contributed by atoms with Gasteiger partial charge in [-0.05, 0) is 73.0 Å². The first-order valence-corrected chi connectivity index (χ1v) is 12.5. The largest absolute Gasteiger partial charge is 0.416 e. The van der Waals surface area contributed by atoms with E-state index in [9.17, 15) is 22.8 Å². The highest BCUT2D eigenvalue weighted by molar-refractivity contribution is 5.92. The highest BCUT2D eigenvalue weighted by atomic mass is 19.4. The normalized spacial score (nSPS) is 35.2. The molecule has 1 heterocycles. The first-order valence-electron chi connectivity index (χ1n) is 12.5. The molecule has 7 heteroatoms. The van der Waals surface area contributed by atoms with Gasteiger partial charge in [-0.15, -0.1) is 0 Å². The Morgan fingerprint density at radius 1 is 1.09 bits per heavy atom. The zero-order chi connectivity index (χ0) is 24.3. The fraction of sp³-hybridized carbons (Fsp3) is 0.630. The standard InChI is InChI=1S/C27H33F3N2O2/c1-25-11-3-4-21(25)20-16-32(23-14-19(33)9-13-26(23,2)22(20)10-12-25)24(34)31-15-17-5-7-18(8-6-17)27(28,29)30/h5-8,14,20-22H,3-4,9-13,15-16H2,1-2H3,(H,31,34)/t20-,21-,22-,25-,26+/m0/s1. The predicted molar refractivity (Wildman–Crippen MR) is 122 cm³/mol. The van der Waals surface area contributed by atoms with Gasteiger partial charge in [0.1, 0.15) is 0 Å². The van der Waals surface area contributed by atoms with Crippen molar-refractivity contribution in [3.63, 3.8) is 0 Å². The summed E-state index contributed by atoms with van der Waals surface area (Å²) in [6.45, 7) is 5.39. The van der Waals surface area contributed by atoms with Gasteiger partial charge in [0.25, 0.3) is 0 Å². The van der Waals surface area contributed by atoms with Crippen LogP contribution in [-0.4, -0.2) is 23.3 Å². The van der Waals surface area contributed by atoms with Crippen LogP contribution in [-0.2, 0) is 17.5 Å². The minimum atomic E-state index is -4.38. The van der Waals surface area contributed by atoms with E-state index in [1.165, 1.54) is 37.8 Å². The summed E-state index contributed by atoms with van der Waals surface area (Å²) in [7, 11) is 0. The summed E-state index contributed by atoms with van der Waals surface area (Å²) >= 11 is 0. The van der Waals surface area contributed by atoms with Crippen LogP contribution in [0.1, 0.15) is 69.9 Å². The van der Waals surface area contributed by atoms with Crippen LogP contribution < -0.4 is 5.32 Å². The lowest BCUT2D eigenvalue weighted by Gasteiger charge is -2.59. The summed E-state index contributed by atoms with van der Waals surface area (Å²) in [6, 6.07) is 4.60. The number of benzene rings is 1. The molecule has 3 fully saturated rings. The molecule has 0 bridgehead atoms. The van der Waals surface area contributed by atoms with Gasteiger partial charge in [0, 0.05) is 36.7 Å². The molecule has 184 valence electrons. The zero-order valence-electron chi connectivity index (χ0n) is 19.9. The van der Waals surface area contributed by atoms with Crippen LogP contribution in [0.5, 0.6) is 0 Å². The van der Waals surface area contributed by atoms with Gasteiger partial charge in [0.05, 0.1) is 5.56 Å². The Morgan fingerprint density at radius 3 is 2.53 bits per heavy atom. The molecule has 1 aromatic rings. The number of fused-ring (bicyclic) bond motifs is 5. The van der Waals surface area contributed by atoms with Crippen molar-refractivity contribution in [3.8, 4) is 0 Å². The van der Waals surface area contributed by atoms with Crippen molar-refractivity contribution >= 4 is 11.8 Å². The Labute approximate surface area is 199 Å². The van der Waals surface area contributed by atoms with Gasteiger partial charge in [-0.2, -0.15) is 13.2 Å². The number of hydrogen-bond donors (Lipinski definition) is 1. The molecule has 3 aliphatic carbocycles. The maximum atomic E-state index is 13.4. The average Bonchev–Trinajstić information content (AvgIpc) is 3.19. The van der Waals surface area contributed by atoms with Crippen LogP contribution in [0.15, 0.2) is 36.0 Å². The van der Waals surface area contributed by atoms with E-state index in [-0.39, 0.29) is 23.8 Å². The number of nitrogens with one attached hydrogen (secondary N) is 1. The molecule has 1 N–H and O–H groups in total. The lowest BCUT2D eigenvalue weighted by molar-refractivity contribution is -0.137. The maximum Gasteiger partial charge on any atom is 0.416 e. The number of nitrogens with zero attached hydrogens (tertiary/aromatic N) is 1. The fourth-order valence-corrected chi connectivity index (χ4v) is 7.57. The molecule has 4 nitrogen and oxygen atoms in total. The van der Waals surface area contributed by atoms with Gasteiger partial charge in [-0.1, -0.05) is 32.4 Å². The highest BCUT2D eigenvalue weighted by Gasteiger charge is 2.58. The third kappa shape index (κ3) is 3.85. The Kier molecular flexibility index (Phi) is 5.60. The Balaban J connectivity index is 1.38. The zero-order valence-corrected chi connectivity index (χ0v) is 19.9. The van der Waals surface area contributed by atoms with Crippen LogP contribution in [0, 0.1) is 28.6 Å². The highest BCUT2D eigenvalue weighted by Crippen LogP contribution is 2.63. The van der Waals surface area contributed by atoms with E-state index in [0.29, 0.717) is 41.7 Å². The molecule has 1 aromatic carbocycles. The number of amides is 2. The van der Waals surface area contributed by atoms with Crippen molar-refractivity contribution in [1.29, 1.82) is 0 Å². The Hall–Kier alpha value is -2.31. The minimum Gasteiger partial charge on any atom is -0.334 e. The number of hydrogen-bond acceptors (Lipinski definition) is 2. The summed E-state index contributed by atoms with van der Waals surface area (Å²) in [5, 5.41) is 2.91. The molecule has 1 saturated heterocycles. The SMILES string of the molecule is C[C@@]12CCC[C@H]1[C@@H]1CN(C(=O)NCc3ccc(C(F)(F)F)cc3)C3=CC(=O)CC[C@]3(C)[C@H]1CC2. The number of alkyl halides is 3. The van der Waals surface area contributed by atoms with E-state index >= 15 is 0 Å². The molecule has 5 atom stereocenters. The van der Waals surface area contributed by atoms with Gasteiger partial charge in [-0.3, -0.25) is 9.69 Å². The lowest BCUT2D eigenvalue weighted by Crippen LogP contribution is -2.59. The van der Waals surface area contributed by atoms with Crippen LogP contribution >= 0.6 is 0 Å². The van der Waals surface area contributed by atoms with Gasteiger partial charge in [0.2, 0.25) is 0 Å². The quantitative estimate of drug-likeness (QED) is 0.546. The van der Waals surface area contributed by atoms with Crippen molar-refractivity contribution in [2.45, 2.75) is 71.5 Å². The molecule has 0 unspecified atom stereocenters. The molecule has 0 radical (unpaired) electrons. The second-order valence-electron chi connectivity index (χ2n) is 11.3. The number of likely N-dealkylation sites (tertiary alicyclic amines) is 1. The van der Waals surface area contributed by atoms with E-state index < -0.39 is 11.7 Å². The van der Waals surface area contributed by atoms with Crippen LogP contribution in [0.3, 0.4) is 0 Å². The maximum absolute atomic E-state index is 13.4. The van der Waals surface area contributed by atoms with Crippen molar-refractivity contribution in [2.75, 3.05) is 6.54 Å². The van der Waals surface area contributed by atoms with Gasteiger partial charge >= 0.3 is 12.2 Å². The van der Waals surface area contributed by atoms with Crippen LogP contribution in [0.2, 0.25) is 0 Å². The number of piperidine rings is 1. The van der Waals surface area contributed by atoms with E-state index in [0.717, 1.165) is 30.7 Å². The molecule has 0 spiro atoms. The number of allylic oxidation sites excluding steroid dienone is 2. The monoisotopic (exact) mass is 474 g/mol. The Morgan fingerprint density at radius 2 is 1.82 bits per heavy atom. The Bertz CT molecular complexity index is 1020. The summed E-state index contributed by atoms with van der Waals surface area (Å²) in [5.41, 5.74) is 0.867. The van der Waals surface area contributed by atoms with Crippen molar-refractivity contribution in [2.24, 2.45) is 28.6 Å². The third-order valence-electron chi connectivity index (χ3n) is 9.46. The van der Waals surface area contributed by atoms with E-state index in [4.69, 9.17) is 0 Å². The van der Waals surface area contributed by atoms with Crippen molar-refractivity contribution < 1.29 is 22.8 Å². The number of urea groups is 1. The summed E-state index contributed by atoms with van der Waals surface area (Å²) in [5.74, 6) is 1.54. The molecule has 4 aliphatic rings.